The number of hydrogen-bond donors (Lipinski definition) is 2. The molecule has 5 rings (SSSR count). The van der Waals surface area contributed by atoms with Gasteiger partial charge in [-0.3, -0.25) is 9.71 Å². The number of rotatable bonds is 7. The third-order valence-corrected chi connectivity index (χ3v) is 7.57. The molecule has 10 heteroatoms. The summed E-state index contributed by atoms with van der Waals surface area (Å²) >= 11 is 5.88. The molecule has 38 heavy (non-hydrogen) atoms. The first-order chi connectivity index (χ1) is 18.2. The maximum absolute atomic E-state index is 11.9. The highest BCUT2D eigenvalue weighted by Crippen LogP contribution is 2.45. The van der Waals surface area contributed by atoms with Crippen LogP contribution in [0.15, 0.2) is 79.0 Å². The van der Waals surface area contributed by atoms with Crippen molar-refractivity contribution in [2.45, 2.75) is 25.9 Å². The Kier molecular flexibility index (Phi) is 6.85. The normalized spacial score (nSPS) is 17.4. The fourth-order valence-corrected chi connectivity index (χ4v) is 6.04. The molecular weight excluding hydrogens is 518 g/mol. The van der Waals surface area contributed by atoms with Gasteiger partial charge >= 0.3 is 0 Å². The van der Waals surface area contributed by atoms with Gasteiger partial charge in [0.25, 0.3) is 0 Å². The van der Waals surface area contributed by atoms with Crippen molar-refractivity contribution in [2.75, 3.05) is 23.0 Å². The molecule has 1 aliphatic heterocycles. The minimum Gasteiger partial charge on any atom is -0.494 e. The molecule has 3 heterocycles. The van der Waals surface area contributed by atoms with Gasteiger partial charge in [0.2, 0.25) is 10.0 Å². The summed E-state index contributed by atoms with van der Waals surface area (Å²) in [7, 11) is -1.97. The Morgan fingerprint density at radius 3 is 2.39 bits per heavy atom. The summed E-state index contributed by atoms with van der Waals surface area (Å²) in [5.41, 5.74) is 6.38. The molecule has 4 aromatic rings. The number of methoxy groups -OCH3 is 1. The first-order valence-electron chi connectivity index (χ1n) is 12.1. The number of anilines is 2. The van der Waals surface area contributed by atoms with E-state index in [0.717, 1.165) is 40.3 Å². The number of nitrogens with one attached hydrogen (secondary N) is 2. The molecule has 1 fully saturated rings. The van der Waals surface area contributed by atoms with Gasteiger partial charge in [-0.1, -0.05) is 24.3 Å². The van der Waals surface area contributed by atoms with Crippen LogP contribution in [0.1, 0.15) is 34.7 Å². The van der Waals surface area contributed by atoms with Crippen LogP contribution in [-0.4, -0.2) is 36.4 Å². The first kappa shape index (κ1) is 25.7. The fraction of sp³-hybridized carbons (Fsp3) is 0.214. The maximum Gasteiger partial charge on any atom is 0.229 e. The number of benzene rings is 2. The SMILES string of the molecule is COc1cc(N2C(=S)NC(c3ccccn3)C2c2cc(C)n(-c3ccccc3)c2C)ccc1NS(C)(=O)=O. The van der Waals surface area contributed by atoms with E-state index < -0.39 is 10.0 Å². The monoisotopic (exact) mass is 547 g/mol. The third-order valence-electron chi connectivity index (χ3n) is 6.66. The van der Waals surface area contributed by atoms with Gasteiger partial charge in [-0.25, -0.2) is 8.42 Å². The second-order valence-electron chi connectivity index (χ2n) is 9.25. The van der Waals surface area contributed by atoms with Crippen molar-refractivity contribution >= 4 is 38.7 Å². The number of aryl methyl sites for hydroxylation is 1. The van der Waals surface area contributed by atoms with Gasteiger partial charge < -0.3 is 19.5 Å². The predicted molar refractivity (Wildman–Crippen MR) is 155 cm³/mol. The van der Waals surface area contributed by atoms with Crippen LogP contribution in [0.2, 0.25) is 0 Å². The molecule has 1 saturated heterocycles. The van der Waals surface area contributed by atoms with E-state index in [0.29, 0.717) is 16.5 Å². The highest BCUT2D eigenvalue weighted by atomic mass is 32.2. The van der Waals surface area contributed by atoms with Crippen molar-refractivity contribution in [3.63, 3.8) is 0 Å². The lowest BCUT2D eigenvalue weighted by atomic mass is 9.96. The number of thiocarbonyl (C=S) groups is 1. The zero-order valence-electron chi connectivity index (χ0n) is 21.5. The quantitative estimate of drug-likeness (QED) is 0.313. The molecule has 2 atom stereocenters. The minimum atomic E-state index is -3.48. The molecule has 1 aliphatic rings. The number of aromatic nitrogens is 2. The van der Waals surface area contributed by atoms with Crippen LogP contribution in [0, 0.1) is 13.8 Å². The lowest BCUT2D eigenvalue weighted by molar-refractivity contribution is 0.417. The van der Waals surface area contributed by atoms with Gasteiger partial charge in [-0.15, -0.1) is 0 Å². The number of para-hydroxylation sites is 1. The smallest absolute Gasteiger partial charge is 0.229 e. The summed E-state index contributed by atoms with van der Waals surface area (Å²) in [6.45, 7) is 4.21. The third kappa shape index (κ3) is 4.84. The Balaban J connectivity index is 1.66. The van der Waals surface area contributed by atoms with E-state index >= 15 is 0 Å². The van der Waals surface area contributed by atoms with Crippen molar-refractivity contribution in [1.29, 1.82) is 0 Å². The van der Waals surface area contributed by atoms with Gasteiger partial charge in [0.15, 0.2) is 5.11 Å². The molecule has 0 aliphatic carbocycles. The molecule has 2 N–H and O–H groups in total. The van der Waals surface area contributed by atoms with Crippen molar-refractivity contribution in [1.82, 2.24) is 14.9 Å². The van der Waals surface area contributed by atoms with Crippen molar-refractivity contribution in [2.24, 2.45) is 0 Å². The van der Waals surface area contributed by atoms with E-state index in [1.54, 1.807) is 18.3 Å². The molecule has 2 unspecified atom stereocenters. The van der Waals surface area contributed by atoms with Gasteiger partial charge in [-0.05, 0) is 74.1 Å². The Morgan fingerprint density at radius 2 is 1.74 bits per heavy atom. The number of sulfonamides is 1. The molecule has 0 radical (unpaired) electrons. The number of pyridine rings is 1. The minimum absolute atomic E-state index is 0.215. The van der Waals surface area contributed by atoms with E-state index in [1.165, 1.54) is 7.11 Å². The summed E-state index contributed by atoms with van der Waals surface area (Å²) in [4.78, 5) is 6.70. The van der Waals surface area contributed by atoms with E-state index in [-0.39, 0.29) is 12.1 Å². The average molecular weight is 548 g/mol. The Labute approximate surface area is 228 Å². The maximum atomic E-state index is 11.9. The van der Waals surface area contributed by atoms with E-state index in [4.69, 9.17) is 17.0 Å². The number of ether oxygens (including phenoxy) is 1. The summed E-state index contributed by atoms with van der Waals surface area (Å²) in [6, 6.07) is 23.2. The summed E-state index contributed by atoms with van der Waals surface area (Å²) in [5.74, 6) is 0.394. The second kappa shape index (κ2) is 10.1. The van der Waals surface area contributed by atoms with Crippen LogP contribution in [0.25, 0.3) is 5.69 Å². The van der Waals surface area contributed by atoms with Crippen LogP contribution < -0.4 is 19.7 Å². The van der Waals surface area contributed by atoms with Gasteiger partial charge in [0.05, 0.1) is 36.8 Å². The average Bonchev–Trinajstić information content (AvgIpc) is 3.39. The molecular formula is C28H29N5O3S2. The molecule has 0 bridgehead atoms. The highest BCUT2D eigenvalue weighted by Gasteiger charge is 2.42. The topological polar surface area (TPSA) is 88.5 Å². The van der Waals surface area contributed by atoms with Crippen LogP contribution >= 0.6 is 12.2 Å². The highest BCUT2D eigenvalue weighted by molar-refractivity contribution is 7.92. The van der Waals surface area contributed by atoms with E-state index in [2.05, 4.69) is 56.5 Å². The van der Waals surface area contributed by atoms with Gasteiger partial charge in [0.1, 0.15) is 5.75 Å². The molecule has 0 saturated carbocycles. The summed E-state index contributed by atoms with van der Waals surface area (Å²) < 4.78 is 34.0. The number of hydrogen-bond acceptors (Lipinski definition) is 5. The van der Waals surface area contributed by atoms with Crippen molar-refractivity contribution in [3.05, 3.63) is 102 Å². The van der Waals surface area contributed by atoms with Crippen LogP contribution in [0.3, 0.4) is 0 Å². The first-order valence-corrected chi connectivity index (χ1v) is 14.4. The lowest BCUT2D eigenvalue weighted by Crippen LogP contribution is -2.29. The Morgan fingerprint density at radius 1 is 1.00 bits per heavy atom. The van der Waals surface area contributed by atoms with Crippen LogP contribution in [-0.2, 0) is 10.0 Å². The molecule has 2 aromatic carbocycles. The van der Waals surface area contributed by atoms with E-state index in [9.17, 15) is 8.42 Å². The van der Waals surface area contributed by atoms with Gasteiger partial charge in [-0.2, -0.15) is 0 Å². The standard InChI is InChI=1S/C28H29N5O3S2/c1-18-16-22(19(2)32(18)20-10-6-5-7-11-20)27-26(24-12-8-9-15-29-24)30-28(37)33(27)21-13-14-23(25(17-21)36-3)31-38(4,34)35/h5-17,26-27,31H,1-4H3,(H,30,37). The van der Waals surface area contributed by atoms with Crippen LogP contribution in [0.5, 0.6) is 5.75 Å². The van der Waals surface area contributed by atoms with Crippen molar-refractivity contribution < 1.29 is 13.2 Å². The molecule has 8 nitrogen and oxygen atoms in total. The Hall–Kier alpha value is -3.89. The molecule has 0 amide bonds. The van der Waals surface area contributed by atoms with Crippen molar-refractivity contribution in [3.8, 4) is 11.4 Å². The van der Waals surface area contributed by atoms with Gasteiger partial charge in [0, 0.05) is 35.0 Å². The fourth-order valence-electron chi connectivity index (χ4n) is 5.12. The summed E-state index contributed by atoms with van der Waals surface area (Å²) in [5, 5.41) is 4.03. The molecule has 0 spiro atoms. The largest absolute Gasteiger partial charge is 0.494 e. The Bertz CT molecular complexity index is 1590. The molecule has 196 valence electrons. The number of nitrogens with zero attached hydrogens (tertiary/aromatic N) is 3. The predicted octanol–water partition coefficient (Wildman–Crippen LogP) is 5.05. The zero-order chi connectivity index (χ0) is 27.0. The van der Waals surface area contributed by atoms with Crippen LogP contribution in [0.4, 0.5) is 11.4 Å². The second-order valence-corrected chi connectivity index (χ2v) is 11.4. The zero-order valence-corrected chi connectivity index (χ0v) is 23.2. The lowest BCUT2D eigenvalue weighted by Gasteiger charge is -2.29. The molecule has 2 aromatic heterocycles. The summed E-state index contributed by atoms with van der Waals surface area (Å²) in [6.07, 6.45) is 2.89. The van der Waals surface area contributed by atoms with E-state index in [1.807, 2.05) is 42.5 Å².